The fourth-order valence-electron chi connectivity index (χ4n) is 2.88. The van der Waals surface area contributed by atoms with Gasteiger partial charge in [-0.1, -0.05) is 35.3 Å². The van der Waals surface area contributed by atoms with Crippen molar-refractivity contribution in [3.05, 3.63) is 87.7 Å². The molecule has 1 aromatic carbocycles. The van der Waals surface area contributed by atoms with E-state index in [4.69, 9.17) is 23.2 Å². The SMILES string of the molecule is Clc1ccc(CNCc2ncc(Cc3c[nH]c4ncc(Cl)cc34)cn2)cc1. The summed E-state index contributed by atoms with van der Waals surface area (Å²) in [6, 6.07) is 9.70. The fraction of sp³-hybridized carbons (Fsp3) is 0.150. The zero-order valence-electron chi connectivity index (χ0n) is 14.4. The summed E-state index contributed by atoms with van der Waals surface area (Å²) in [6.07, 6.45) is 8.04. The lowest BCUT2D eigenvalue weighted by Gasteiger charge is -2.05. The van der Waals surface area contributed by atoms with E-state index in [1.807, 2.05) is 48.9 Å². The lowest BCUT2D eigenvalue weighted by Crippen LogP contribution is -2.14. The van der Waals surface area contributed by atoms with Crippen LogP contribution in [-0.2, 0) is 19.5 Å². The second kappa shape index (κ2) is 8.05. The number of halogens is 2. The molecular weight excluding hydrogens is 381 g/mol. The number of hydrogen-bond acceptors (Lipinski definition) is 4. The summed E-state index contributed by atoms with van der Waals surface area (Å²) in [5.41, 5.74) is 4.16. The summed E-state index contributed by atoms with van der Waals surface area (Å²) in [5.74, 6) is 0.761. The number of nitrogens with one attached hydrogen (secondary N) is 2. The van der Waals surface area contributed by atoms with Crippen molar-refractivity contribution in [3.63, 3.8) is 0 Å². The van der Waals surface area contributed by atoms with E-state index in [0.29, 0.717) is 11.6 Å². The van der Waals surface area contributed by atoms with Crippen LogP contribution >= 0.6 is 23.2 Å². The van der Waals surface area contributed by atoms with Crippen molar-refractivity contribution in [2.24, 2.45) is 0 Å². The van der Waals surface area contributed by atoms with Gasteiger partial charge in [0, 0.05) is 48.2 Å². The first-order valence-corrected chi connectivity index (χ1v) is 9.29. The van der Waals surface area contributed by atoms with Crippen LogP contribution in [0.1, 0.15) is 22.5 Å². The van der Waals surface area contributed by atoms with Gasteiger partial charge in [-0.3, -0.25) is 0 Å². The first-order valence-electron chi connectivity index (χ1n) is 8.54. The van der Waals surface area contributed by atoms with Gasteiger partial charge in [0.15, 0.2) is 0 Å². The van der Waals surface area contributed by atoms with Crippen LogP contribution in [0.15, 0.2) is 55.1 Å². The topological polar surface area (TPSA) is 66.5 Å². The number of aromatic amines is 1. The van der Waals surface area contributed by atoms with E-state index in [1.165, 1.54) is 5.56 Å². The molecule has 0 saturated carbocycles. The number of pyridine rings is 1. The Labute approximate surface area is 166 Å². The van der Waals surface area contributed by atoms with Crippen LogP contribution in [0.2, 0.25) is 10.0 Å². The molecule has 0 aliphatic carbocycles. The number of hydrogen-bond donors (Lipinski definition) is 2. The molecule has 0 atom stereocenters. The number of aromatic nitrogens is 4. The Kier molecular flexibility index (Phi) is 5.34. The van der Waals surface area contributed by atoms with Gasteiger partial charge in [-0.2, -0.15) is 0 Å². The molecule has 7 heteroatoms. The maximum atomic E-state index is 6.06. The molecule has 0 fully saturated rings. The van der Waals surface area contributed by atoms with E-state index in [0.717, 1.165) is 46.0 Å². The van der Waals surface area contributed by atoms with Crippen molar-refractivity contribution in [2.45, 2.75) is 19.5 Å². The molecule has 0 amide bonds. The first kappa shape index (κ1) is 17.9. The van der Waals surface area contributed by atoms with Gasteiger partial charge in [0.25, 0.3) is 0 Å². The van der Waals surface area contributed by atoms with Crippen LogP contribution < -0.4 is 5.32 Å². The Bertz CT molecular complexity index is 1040. The number of rotatable bonds is 6. The Morgan fingerprint density at radius 2 is 1.63 bits per heavy atom. The van der Waals surface area contributed by atoms with Crippen molar-refractivity contribution < 1.29 is 0 Å². The van der Waals surface area contributed by atoms with E-state index < -0.39 is 0 Å². The van der Waals surface area contributed by atoms with Gasteiger partial charge < -0.3 is 10.3 Å². The summed E-state index contributed by atoms with van der Waals surface area (Å²) in [5, 5.41) is 5.73. The van der Waals surface area contributed by atoms with E-state index >= 15 is 0 Å². The average molecular weight is 398 g/mol. The standard InChI is InChI=1S/C20H17Cl2N5/c21-16-3-1-13(2-4-16)7-23-12-19-24-8-14(9-25-19)5-15-10-26-20-18(15)6-17(22)11-27-20/h1-4,6,8-11,23H,5,7,12H2,(H,26,27). The predicted molar refractivity (Wildman–Crippen MR) is 108 cm³/mol. The highest BCUT2D eigenvalue weighted by Gasteiger charge is 2.07. The molecule has 0 radical (unpaired) electrons. The Balaban J connectivity index is 1.37. The quantitative estimate of drug-likeness (QED) is 0.501. The van der Waals surface area contributed by atoms with Gasteiger partial charge in [0.2, 0.25) is 0 Å². The Hall–Kier alpha value is -2.47. The third-order valence-corrected chi connectivity index (χ3v) is 4.72. The van der Waals surface area contributed by atoms with Crippen molar-refractivity contribution in [1.82, 2.24) is 25.3 Å². The molecule has 0 aliphatic rings. The minimum Gasteiger partial charge on any atom is -0.346 e. The van der Waals surface area contributed by atoms with Crippen LogP contribution in [0.5, 0.6) is 0 Å². The summed E-state index contributed by atoms with van der Waals surface area (Å²) >= 11 is 12.0. The normalized spacial score (nSPS) is 11.2. The van der Waals surface area contributed by atoms with Crippen LogP contribution in [0, 0.1) is 0 Å². The lowest BCUT2D eigenvalue weighted by atomic mass is 10.1. The molecule has 4 rings (SSSR count). The summed E-state index contributed by atoms with van der Waals surface area (Å²) in [7, 11) is 0. The minimum absolute atomic E-state index is 0.607. The fourth-order valence-corrected chi connectivity index (χ4v) is 3.17. The molecular formula is C20H17Cl2N5. The molecule has 3 heterocycles. The van der Waals surface area contributed by atoms with Crippen molar-refractivity contribution in [1.29, 1.82) is 0 Å². The smallest absolute Gasteiger partial charge is 0.141 e. The third kappa shape index (κ3) is 4.45. The highest BCUT2D eigenvalue weighted by Crippen LogP contribution is 2.22. The molecule has 2 N–H and O–H groups in total. The highest BCUT2D eigenvalue weighted by atomic mass is 35.5. The zero-order chi connectivity index (χ0) is 18.6. The molecule has 0 unspecified atom stereocenters. The molecule has 3 aromatic heterocycles. The molecule has 5 nitrogen and oxygen atoms in total. The number of fused-ring (bicyclic) bond motifs is 1. The Morgan fingerprint density at radius 3 is 2.41 bits per heavy atom. The van der Waals surface area contributed by atoms with E-state index in [-0.39, 0.29) is 0 Å². The lowest BCUT2D eigenvalue weighted by molar-refractivity contribution is 0.661. The van der Waals surface area contributed by atoms with Crippen LogP contribution in [-0.4, -0.2) is 19.9 Å². The zero-order valence-corrected chi connectivity index (χ0v) is 15.9. The molecule has 136 valence electrons. The summed E-state index contributed by atoms with van der Waals surface area (Å²) in [6.45, 7) is 1.35. The van der Waals surface area contributed by atoms with Crippen LogP contribution in [0.3, 0.4) is 0 Å². The van der Waals surface area contributed by atoms with E-state index in [2.05, 4.69) is 25.3 Å². The second-order valence-corrected chi connectivity index (χ2v) is 7.15. The van der Waals surface area contributed by atoms with Crippen LogP contribution in [0.25, 0.3) is 11.0 Å². The number of nitrogens with zero attached hydrogens (tertiary/aromatic N) is 3. The van der Waals surface area contributed by atoms with Gasteiger partial charge in [-0.05, 0) is 34.9 Å². The maximum absolute atomic E-state index is 6.06. The maximum Gasteiger partial charge on any atom is 0.141 e. The first-order chi connectivity index (χ1) is 13.2. The molecule has 27 heavy (non-hydrogen) atoms. The van der Waals surface area contributed by atoms with Gasteiger partial charge in [0.1, 0.15) is 11.5 Å². The molecule has 4 aromatic rings. The van der Waals surface area contributed by atoms with Gasteiger partial charge in [-0.15, -0.1) is 0 Å². The van der Waals surface area contributed by atoms with Crippen molar-refractivity contribution in [2.75, 3.05) is 0 Å². The molecule has 0 bridgehead atoms. The van der Waals surface area contributed by atoms with Gasteiger partial charge >= 0.3 is 0 Å². The summed E-state index contributed by atoms with van der Waals surface area (Å²) < 4.78 is 0. The molecule has 0 aliphatic heterocycles. The van der Waals surface area contributed by atoms with E-state index in [9.17, 15) is 0 Å². The number of H-pyrrole nitrogens is 1. The Morgan fingerprint density at radius 1 is 0.852 bits per heavy atom. The second-order valence-electron chi connectivity index (χ2n) is 6.28. The minimum atomic E-state index is 0.607. The highest BCUT2D eigenvalue weighted by molar-refractivity contribution is 6.31. The van der Waals surface area contributed by atoms with Crippen molar-refractivity contribution >= 4 is 34.2 Å². The van der Waals surface area contributed by atoms with E-state index in [1.54, 1.807) is 6.20 Å². The van der Waals surface area contributed by atoms with Crippen LogP contribution in [0.4, 0.5) is 0 Å². The van der Waals surface area contributed by atoms with Gasteiger partial charge in [-0.25, -0.2) is 15.0 Å². The monoisotopic (exact) mass is 397 g/mol. The molecule has 0 spiro atoms. The third-order valence-electron chi connectivity index (χ3n) is 4.26. The predicted octanol–water partition coefficient (Wildman–Crippen LogP) is 4.54. The summed E-state index contributed by atoms with van der Waals surface area (Å²) in [4.78, 5) is 16.4. The number of benzene rings is 1. The largest absolute Gasteiger partial charge is 0.346 e. The van der Waals surface area contributed by atoms with Gasteiger partial charge in [0.05, 0.1) is 11.6 Å². The van der Waals surface area contributed by atoms with Crippen molar-refractivity contribution in [3.8, 4) is 0 Å². The average Bonchev–Trinajstić information content (AvgIpc) is 3.07. The molecule has 0 saturated heterocycles.